The predicted octanol–water partition coefficient (Wildman–Crippen LogP) is 7.54. The lowest BCUT2D eigenvalue weighted by Gasteiger charge is -2.28. The average Bonchev–Trinajstić information content (AvgIpc) is 2.63. The fourth-order valence-electron chi connectivity index (χ4n) is 3.97. The van der Waals surface area contributed by atoms with Gasteiger partial charge in [-0.1, -0.05) is 70.5 Å². The van der Waals surface area contributed by atoms with Crippen LogP contribution in [0.25, 0.3) is 10.8 Å². The van der Waals surface area contributed by atoms with Crippen molar-refractivity contribution in [2.45, 2.75) is 74.1 Å². The Morgan fingerprint density at radius 2 is 1.61 bits per heavy atom. The molecule has 0 spiro atoms. The van der Waals surface area contributed by atoms with Crippen LogP contribution in [0.2, 0.25) is 0 Å². The van der Waals surface area contributed by atoms with Crippen LogP contribution < -0.4 is 0 Å². The molecule has 2 aromatic rings. The van der Waals surface area contributed by atoms with Crippen LogP contribution in [0.5, 0.6) is 11.5 Å². The van der Waals surface area contributed by atoms with E-state index in [1.54, 1.807) is 0 Å². The first-order valence-corrected chi connectivity index (χ1v) is 10.6. The normalized spacial score (nSPS) is 14.1. The average molecular weight is 383 g/mol. The molecule has 154 valence electrons. The number of rotatable bonds is 8. The Bertz CT molecular complexity index is 843. The largest absolute Gasteiger partial charge is 0.507 e. The number of hydrogen-bond donors (Lipinski definition) is 2. The molecule has 0 heterocycles. The quantitative estimate of drug-likeness (QED) is 0.366. The van der Waals surface area contributed by atoms with Crippen molar-refractivity contribution in [1.29, 1.82) is 0 Å². The minimum absolute atomic E-state index is 0.270. The van der Waals surface area contributed by atoms with E-state index in [1.165, 1.54) is 18.4 Å². The molecule has 2 aromatic carbocycles. The van der Waals surface area contributed by atoms with Gasteiger partial charge in [0.25, 0.3) is 0 Å². The number of phenols is 2. The summed E-state index contributed by atoms with van der Waals surface area (Å²) in [6.07, 6.45) is 6.39. The Morgan fingerprint density at radius 1 is 1.04 bits per heavy atom. The van der Waals surface area contributed by atoms with Crippen LogP contribution >= 0.6 is 0 Å². The number of benzene rings is 2. The van der Waals surface area contributed by atoms with E-state index >= 15 is 0 Å². The summed E-state index contributed by atoms with van der Waals surface area (Å²) >= 11 is 0. The van der Waals surface area contributed by atoms with E-state index in [0.29, 0.717) is 17.6 Å². The van der Waals surface area contributed by atoms with Gasteiger partial charge < -0.3 is 10.2 Å². The van der Waals surface area contributed by atoms with Gasteiger partial charge in [-0.3, -0.25) is 0 Å². The fourth-order valence-corrected chi connectivity index (χ4v) is 3.97. The molecule has 0 fully saturated rings. The highest BCUT2D eigenvalue weighted by Gasteiger charge is 2.21. The zero-order valence-electron chi connectivity index (χ0n) is 18.8. The first-order valence-electron chi connectivity index (χ1n) is 10.6. The molecule has 0 radical (unpaired) electrons. The van der Waals surface area contributed by atoms with Crippen molar-refractivity contribution in [2.75, 3.05) is 0 Å². The van der Waals surface area contributed by atoms with Crippen LogP contribution in [0, 0.1) is 24.2 Å². The first-order chi connectivity index (χ1) is 13.0. The molecular weight excluding hydrogens is 344 g/mol. The van der Waals surface area contributed by atoms with E-state index in [1.807, 2.05) is 31.2 Å². The van der Waals surface area contributed by atoms with Crippen LogP contribution in [0.4, 0.5) is 0 Å². The fraction of sp³-hybridized carbons (Fsp3) is 0.538. The Kier molecular flexibility index (Phi) is 7.20. The minimum Gasteiger partial charge on any atom is -0.507 e. The highest BCUT2D eigenvalue weighted by molar-refractivity contribution is 5.95. The van der Waals surface area contributed by atoms with Gasteiger partial charge in [0.15, 0.2) is 0 Å². The van der Waals surface area contributed by atoms with Crippen LogP contribution in [-0.2, 0) is 6.42 Å². The van der Waals surface area contributed by atoms with Crippen molar-refractivity contribution in [1.82, 2.24) is 0 Å². The lowest BCUT2D eigenvalue weighted by atomic mass is 9.78. The Labute approximate surface area is 171 Å². The van der Waals surface area contributed by atoms with Crippen LogP contribution in [0.1, 0.15) is 71.9 Å². The maximum absolute atomic E-state index is 10.8. The van der Waals surface area contributed by atoms with Crippen molar-refractivity contribution in [3.63, 3.8) is 0 Å². The topological polar surface area (TPSA) is 40.5 Å². The van der Waals surface area contributed by atoms with Crippen molar-refractivity contribution in [2.24, 2.45) is 17.3 Å². The van der Waals surface area contributed by atoms with Gasteiger partial charge in [-0.15, -0.1) is 0 Å². The highest BCUT2D eigenvalue weighted by atomic mass is 16.3. The molecule has 2 N–H and O–H groups in total. The maximum atomic E-state index is 10.8. The molecule has 0 aliphatic heterocycles. The molecule has 0 saturated heterocycles. The molecule has 0 aromatic heterocycles. The van der Waals surface area contributed by atoms with Crippen LogP contribution in [0.15, 0.2) is 35.9 Å². The first kappa shape index (κ1) is 22.3. The molecule has 0 aliphatic carbocycles. The summed E-state index contributed by atoms with van der Waals surface area (Å²) in [5, 5.41) is 22.7. The number of allylic oxidation sites excluding steroid dienone is 2. The van der Waals surface area contributed by atoms with Gasteiger partial charge in [-0.2, -0.15) is 0 Å². The van der Waals surface area contributed by atoms with E-state index < -0.39 is 0 Å². The second-order valence-corrected chi connectivity index (χ2v) is 9.70. The summed E-state index contributed by atoms with van der Waals surface area (Å²) in [5.74, 6) is 2.06. The SMILES string of the molecule is C/C(=C\Cc1c(C)c(O)c2ccccc2c1O)CC(C)(C)CCC(C)C(C)C. The lowest BCUT2D eigenvalue weighted by Crippen LogP contribution is -2.15. The highest BCUT2D eigenvalue weighted by Crippen LogP contribution is 2.40. The zero-order valence-corrected chi connectivity index (χ0v) is 18.8. The third-order valence-corrected chi connectivity index (χ3v) is 6.36. The zero-order chi connectivity index (χ0) is 21.1. The standard InChI is InChI=1S/C26H38O2/c1-17(2)19(4)14-15-26(6,7)16-18(3)12-13-21-20(5)24(27)22-10-8-9-11-23(22)25(21)28/h8-12,17,19,27-28H,13-16H2,1-7H3/b18-12+. The molecule has 0 bridgehead atoms. The smallest absolute Gasteiger partial charge is 0.127 e. The van der Waals surface area contributed by atoms with Crippen LogP contribution in [0.3, 0.4) is 0 Å². The molecule has 28 heavy (non-hydrogen) atoms. The third kappa shape index (κ3) is 5.31. The summed E-state index contributed by atoms with van der Waals surface area (Å²) in [6.45, 7) is 15.7. The molecule has 0 amide bonds. The summed E-state index contributed by atoms with van der Waals surface area (Å²) in [6, 6.07) is 7.49. The van der Waals surface area contributed by atoms with E-state index in [-0.39, 0.29) is 11.2 Å². The lowest BCUT2D eigenvalue weighted by molar-refractivity contribution is 0.270. The molecule has 2 nitrogen and oxygen atoms in total. The van der Waals surface area contributed by atoms with E-state index in [9.17, 15) is 10.2 Å². The van der Waals surface area contributed by atoms with Gasteiger partial charge in [0.2, 0.25) is 0 Å². The van der Waals surface area contributed by atoms with E-state index in [4.69, 9.17) is 0 Å². The Hall–Kier alpha value is -1.96. The van der Waals surface area contributed by atoms with Crippen molar-refractivity contribution in [3.05, 3.63) is 47.0 Å². The van der Waals surface area contributed by atoms with Gasteiger partial charge in [-0.25, -0.2) is 0 Å². The van der Waals surface area contributed by atoms with Crippen LogP contribution in [-0.4, -0.2) is 10.2 Å². The third-order valence-electron chi connectivity index (χ3n) is 6.36. The molecule has 0 aliphatic rings. The summed E-state index contributed by atoms with van der Waals surface area (Å²) < 4.78 is 0. The Balaban J connectivity index is 2.15. The molecule has 2 heteroatoms. The number of fused-ring (bicyclic) bond motifs is 1. The maximum Gasteiger partial charge on any atom is 0.127 e. The minimum atomic E-state index is 0.270. The number of hydrogen-bond acceptors (Lipinski definition) is 2. The van der Waals surface area contributed by atoms with Crippen molar-refractivity contribution in [3.8, 4) is 11.5 Å². The summed E-state index contributed by atoms with van der Waals surface area (Å²) in [4.78, 5) is 0. The van der Waals surface area contributed by atoms with Gasteiger partial charge in [-0.05, 0) is 62.3 Å². The van der Waals surface area contributed by atoms with Crippen molar-refractivity contribution >= 4 is 10.8 Å². The summed E-state index contributed by atoms with van der Waals surface area (Å²) in [7, 11) is 0. The van der Waals surface area contributed by atoms with Crippen molar-refractivity contribution < 1.29 is 10.2 Å². The van der Waals surface area contributed by atoms with E-state index in [0.717, 1.165) is 34.8 Å². The van der Waals surface area contributed by atoms with Gasteiger partial charge in [0.05, 0.1) is 0 Å². The van der Waals surface area contributed by atoms with Gasteiger partial charge in [0, 0.05) is 16.3 Å². The number of phenolic OH excluding ortho intramolecular Hbond substituents is 2. The predicted molar refractivity (Wildman–Crippen MR) is 121 cm³/mol. The molecule has 2 rings (SSSR count). The number of aromatic hydroxyl groups is 2. The van der Waals surface area contributed by atoms with E-state index in [2.05, 4.69) is 47.6 Å². The monoisotopic (exact) mass is 382 g/mol. The van der Waals surface area contributed by atoms with Gasteiger partial charge in [0.1, 0.15) is 11.5 Å². The Morgan fingerprint density at radius 3 is 2.18 bits per heavy atom. The molecule has 0 saturated carbocycles. The summed E-state index contributed by atoms with van der Waals surface area (Å²) in [5.41, 5.74) is 3.20. The molecule has 1 unspecified atom stereocenters. The van der Waals surface area contributed by atoms with Gasteiger partial charge >= 0.3 is 0 Å². The molecular formula is C26H38O2. The second-order valence-electron chi connectivity index (χ2n) is 9.70. The molecule has 1 atom stereocenters. The second kappa shape index (κ2) is 9.03.